The topological polar surface area (TPSA) is 89.7 Å². The van der Waals surface area contributed by atoms with Crippen molar-refractivity contribution in [3.63, 3.8) is 0 Å². The minimum absolute atomic E-state index is 0.174. The van der Waals surface area contributed by atoms with E-state index in [0.29, 0.717) is 5.70 Å². The van der Waals surface area contributed by atoms with Gasteiger partial charge >= 0.3 is 6.09 Å². The number of hydrogen-bond acceptors (Lipinski definition) is 5. The number of carbonyl (C=O) groups is 1. The van der Waals surface area contributed by atoms with Gasteiger partial charge in [0.05, 0.1) is 5.25 Å². The van der Waals surface area contributed by atoms with Gasteiger partial charge in [-0.05, 0) is 11.6 Å². The molecule has 6 nitrogen and oxygen atoms in total. The molecule has 0 saturated carbocycles. The van der Waals surface area contributed by atoms with Gasteiger partial charge in [-0.3, -0.25) is 0 Å². The summed E-state index contributed by atoms with van der Waals surface area (Å²) in [5.74, 6) is 0. The number of benzene rings is 1. The van der Waals surface area contributed by atoms with Gasteiger partial charge in [0.25, 0.3) is 0 Å². The monoisotopic (exact) mass is 308 g/mol. The zero-order chi connectivity index (χ0) is 15.0. The summed E-state index contributed by atoms with van der Waals surface area (Å²) >= 11 is 0. The molecule has 0 spiro atoms. The number of ether oxygens (including phenoxy) is 1. The van der Waals surface area contributed by atoms with Crippen molar-refractivity contribution in [1.29, 1.82) is 0 Å². The highest BCUT2D eigenvalue weighted by Gasteiger charge is 2.47. The number of rotatable bonds is 4. The van der Waals surface area contributed by atoms with Crippen LogP contribution in [0, 0.1) is 0 Å². The Bertz CT molecular complexity index is 678. The van der Waals surface area contributed by atoms with E-state index in [-0.39, 0.29) is 19.7 Å². The zero-order valence-corrected chi connectivity index (χ0v) is 12.1. The van der Waals surface area contributed by atoms with Gasteiger partial charge in [-0.2, -0.15) is 0 Å². The molecule has 1 unspecified atom stereocenters. The fourth-order valence-electron chi connectivity index (χ4n) is 2.22. The maximum absolute atomic E-state index is 12.0. The lowest BCUT2D eigenvalue weighted by Crippen LogP contribution is -2.58. The molecule has 3 rings (SSSR count). The normalized spacial score (nSPS) is 21.4. The number of sulfone groups is 1. The molecule has 0 bridgehead atoms. The summed E-state index contributed by atoms with van der Waals surface area (Å²) in [5, 5.41) is -1.16. The Balaban J connectivity index is 1.47. The molecule has 1 saturated heterocycles. The Kier molecular flexibility index (Phi) is 3.36. The predicted octanol–water partition coefficient (Wildman–Crippen LogP) is 0.647. The quantitative estimate of drug-likeness (QED) is 0.882. The molecular weight excluding hydrogens is 292 g/mol. The van der Waals surface area contributed by atoms with Crippen LogP contribution in [-0.2, 0) is 21.2 Å². The molecule has 1 aromatic rings. The van der Waals surface area contributed by atoms with E-state index in [0.717, 1.165) is 5.56 Å². The number of hydrogen-bond donors (Lipinski definition) is 1. The van der Waals surface area contributed by atoms with Crippen LogP contribution in [-0.4, -0.2) is 43.0 Å². The highest BCUT2D eigenvalue weighted by Crippen LogP contribution is 2.30. The molecule has 0 radical (unpaired) electrons. The number of nitrogens with zero attached hydrogens (tertiary/aromatic N) is 1. The summed E-state index contributed by atoms with van der Waals surface area (Å²) in [6.45, 7) is 0.534. The molecule has 1 fully saturated rings. The van der Waals surface area contributed by atoms with Crippen LogP contribution in [0.1, 0.15) is 5.56 Å². The Hall–Kier alpha value is -2.02. The molecule has 1 amide bonds. The first-order valence-electron chi connectivity index (χ1n) is 6.64. The predicted molar refractivity (Wildman–Crippen MR) is 77.0 cm³/mol. The van der Waals surface area contributed by atoms with Gasteiger partial charge < -0.3 is 15.4 Å². The smallest absolute Gasteiger partial charge is 0.410 e. The second-order valence-corrected chi connectivity index (χ2v) is 7.60. The number of amides is 1. The average Bonchev–Trinajstić information content (AvgIpc) is 3.14. The Morgan fingerprint density at radius 3 is 2.48 bits per heavy atom. The van der Waals surface area contributed by atoms with Crippen LogP contribution in [0.4, 0.5) is 4.79 Å². The summed E-state index contributed by atoms with van der Waals surface area (Å²) in [6, 6.07) is 9.33. The molecule has 1 heterocycles. The van der Waals surface area contributed by atoms with Gasteiger partial charge in [-0.15, -0.1) is 0 Å². The van der Waals surface area contributed by atoms with Crippen molar-refractivity contribution in [3.05, 3.63) is 47.7 Å². The van der Waals surface area contributed by atoms with E-state index in [1.54, 1.807) is 0 Å². The van der Waals surface area contributed by atoms with Crippen molar-refractivity contribution >= 4 is 15.9 Å². The van der Waals surface area contributed by atoms with Gasteiger partial charge in [0.15, 0.2) is 9.84 Å². The zero-order valence-electron chi connectivity index (χ0n) is 11.3. The minimum Gasteiger partial charge on any atom is -0.445 e. The van der Waals surface area contributed by atoms with Crippen molar-refractivity contribution in [1.82, 2.24) is 4.90 Å². The lowest BCUT2D eigenvalue weighted by Gasteiger charge is -2.37. The first-order valence-corrected chi connectivity index (χ1v) is 8.25. The summed E-state index contributed by atoms with van der Waals surface area (Å²) in [6.07, 6.45) is 1.04. The first-order chi connectivity index (χ1) is 9.98. The molecule has 1 aliphatic heterocycles. The molecule has 2 N–H and O–H groups in total. The summed E-state index contributed by atoms with van der Waals surface area (Å²) < 4.78 is 29.2. The van der Waals surface area contributed by atoms with Gasteiger partial charge in [-0.25, -0.2) is 13.2 Å². The Morgan fingerprint density at radius 2 is 1.90 bits per heavy atom. The minimum atomic E-state index is -3.28. The van der Waals surface area contributed by atoms with E-state index in [1.807, 2.05) is 30.3 Å². The van der Waals surface area contributed by atoms with Crippen LogP contribution < -0.4 is 5.73 Å². The summed E-state index contributed by atoms with van der Waals surface area (Å²) in [5.41, 5.74) is 6.75. The van der Waals surface area contributed by atoms with E-state index < -0.39 is 26.4 Å². The molecule has 21 heavy (non-hydrogen) atoms. The van der Waals surface area contributed by atoms with Crippen LogP contribution in [0.3, 0.4) is 0 Å². The lowest BCUT2D eigenvalue weighted by atomic mass is 10.2. The second kappa shape index (κ2) is 5.07. The van der Waals surface area contributed by atoms with Crippen molar-refractivity contribution in [3.8, 4) is 0 Å². The highest BCUT2D eigenvalue weighted by molar-refractivity contribution is 7.93. The van der Waals surface area contributed by atoms with E-state index in [9.17, 15) is 13.2 Å². The Labute approximate surface area is 123 Å². The largest absolute Gasteiger partial charge is 0.445 e. The molecule has 1 aromatic carbocycles. The van der Waals surface area contributed by atoms with Gasteiger partial charge in [0.2, 0.25) is 0 Å². The van der Waals surface area contributed by atoms with Crippen molar-refractivity contribution in [2.45, 2.75) is 17.1 Å². The fraction of sp³-hybridized carbons (Fsp3) is 0.357. The van der Waals surface area contributed by atoms with Gasteiger partial charge in [-0.1, -0.05) is 30.3 Å². The third-order valence-electron chi connectivity index (χ3n) is 3.69. The van der Waals surface area contributed by atoms with Crippen molar-refractivity contribution in [2.75, 3.05) is 13.1 Å². The van der Waals surface area contributed by atoms with Crippen LogP contribution in [0.5, 0.6) is 0 Å². The van der Waals surface area contributed by atoms with Crippen LogP contribution in [0.15, 0.2) is 42.1 Å². The average molecular weight is 308 g/mol. The third kappa shape index (κ3) is 2.73. The standard InChI is InChI=1S/C14H16N2O4S/c15-12-6-13(12)21(18,19)11-7-16(8-11)14(17)20-9-10-4-2-1-3-5-10/h1-6,11,13H,7-9,15H2. The van der Waals surface area contributed by atoms with Crippen LogP contribution in [0.25, 0.3) is 0 Å². The molecule has 1 aliphatic carbocycles. The molecule has 2 aliphatic rings. The maximum atomic E-state index is 12.0. The highest BCUT2D eigenvalue weighted by atomic mass is 32.2. The van der Waals surface area contributed by atoms with E-state index in [2.05, 4.69) is 0 Å². The molecular formula is C14H16N2O4S. The maximum Gasteiger partial charge on any atom is 0.410 e. The SMILES string of the molecule is NC1=CC1S(=O)(=O)C1CN(C(=O)OCc2ccccc2)C1. The fourth-order valence-corrected chi connectivity index (χ4v) is 4.14. The first kappa shape index (κ1) is 13.9. The van der Waals surface area contributed by atoms with E-state index in [4.69, 9.17) is 10.5 Å². The van der Waals surface area contributed by atoms with Crippen molar-refractivity contribution in [2.24, 2.45) is 5.73 Å². The number of carbonyl (C=O) groups excluding carboxylic acids is 1. The summed E-state index contributed by atoms with van der Waals surface area (Å²) in [4.78, 5) is 13.2. The van der Waals surface area contributed by atoms with E-state index >= 15 is 0 Å². The summed E-state index contributed by atoms with van der Waals surface area (Å²) in [7, 11) is -3.28. The molecule has 0 aromatic heterocycles. The van der Waals surface area contributed by atoms with Gasteiger partial charge in [0, 0.05) is 18.8 Å². The van der Waals surface area contributed by atoms with Gasteiger partial charge in [0.1, 0.15) is 11.9 Å². The number of likely N-dealkylation sites (tertiary alicyclic amines) is 1. The molecule has 7 heteroatoms. The van der Waals surface area contributed by atoms with Crippen LogP contribution >= 0.6 is 0 Å². The second-order valence-electron chi connectivity index (χ2n) is 5.24. The van der Waals surface area contributed by atoms with Crippen LogP contribution in [0.2, 0.25) is 0 Å². The number of nitrogens with two attached hydrogens (primary N) is 1. The van der Waals surface area contributed by atoms with Crippen molar-refractivity contribution < 1.29 is 17.9 Å². The molecule has 112 valence electrons. The van der Waals surface area contributed by atoms with E-state index in [1.165, 1.54) is 11.0 Å². The third-order valence-corrected chi connectivity index (χ3v) is 6.04. The Morgan fingerprint density at radius 1 is 1.29 bits per heavy atom. The molecule has 1 atom stereocenters. The lowest BCUT2D eigenvalue weighted by molar-refractivity contribution is 0.0767.